The first-order valence-corrected chi connectivity index (χ1v) is 7.29. The maximum absolute atomic E-state index is 8.90. The van der Waals surface area contributed by atoms with Crippen molar-refractivity contribution in [3.8, 4) is 0 Å². The Morgan fingerprint density at radius 1 is 1.21 bits per heavy atom. The Hall–Kier alpha value is -1.32. The van der Waals surface area contributed by atoms with Gasteiger partial charge in [0.25, 0.3) is 0 Å². The lowest BCUT2D eigenvalue weighted by atomic mass is 10.2. The van der Waals surface area contributed by atoms with Crippen molar-refractivity contribution in [2.45, 2.75) is 44.8 Å². The van der Waals surface area contributed by atoms with Gasteiger partial charge >= 0.3 is 0 Å². The van der Waals surface area contributed by atoms with Crippen molar-refractivity contribution in [1.82, 2.24) is 9.88 Å². The van der Waals surface area contributed by atoms with E-state index in [0.717, 1.165) is 32.0 Å². The molecule has 2 aromatic rings. The molecule has 102 valence electrons. The number of unbranched alkanes of at least 4 members (excludes halogenated alkanes) is 1. The molecular formula is C16H22N2O. The van der Waals surface area contributed by atoms with E-state index in [1.165, 1.54) is 29.3 Å². The zero-order valence-corrected chi connectivity index (χ0v) is 11.3. The highest BCUT2D eigenvalue weighted by Gasteiger charge is 2.20. The minimum atomic E-state index is 0.287. The molecule has 0 radical (unpaired) electrons. The molecule has 1 aliphatic carbocycles. The molecule has 2 N–H and O–H groups in total. The van der Waals surface area contributed by atoms with Crippen LogP contribution < -0.4 is 5.32 Å². The van der Waals surface area contributed by atoms with E-state index in [1.54, 1.807) is 0 Å². The number of aliphatic hydroxyl groups is 1. The first-order valence-electron chi connectivity index (χ1n) is 7.29. The first-order chi connectivity index (χ1) is 9.38. The molecular weight excluding hydrogens is 236 g/mol. The van der Waals surface area contributed by atoms with Crippen LogP contribution in [0.3, 0.4) is 0 Å². The van der Waals surface area contributed by atoms with Crippen LogP contribution in [0.2, 0.25) is 0 Å². The number of aromatic nitrogens is 1. The fourth-order valence-electron chi connectivity index (χ4n) is 2.58. The number of aliphatic hydroxyl groups excluding tert-OH is 1. The van der Waals surface area contributed by atoms with Gasteiger partial charge < -0.3 is 15.0 Å². The Morgan fingerprint density at radius 3 is 2.84 bits per heavy atom. The first kappa shape index (κ1) is 12.7. The third kappa shape index (κ3) is 2.99. The summed E-state index contributed by atoms with van der Waals surface area (Å²) < 4.78 is 2.33. The average Bonchev–Trinajstić information content (AvgIpc) is 3.20. The van der Waals surface area contributed by atoms with Gasteiger partial charge in [-0.15, -0.1) is 0 Å². The van der Waals surface area contributed by atoms with Crippen molar-refractivity contribution in [2.24, 2.45) is 0 Å². The summed E-state index contributed by atoms with van der Waals surface area (Å²) in [6.45, 7) is 2.25. The van der Waals surface area contributed by atoms with Crippen LogP contribution >= 0.6 is 0 Å². The van der Waals surface area contributed by atoms with Crippen LogP contribution in [0.1, 0.15) is 31.2 Å². The van der Waals surface area contributed by atoms with Gasteiger partial charge in [-0.1, -0.05) is 18.2 Å². The Bertz CT molecular complexity index is 543. The second kappa shape index (κ2) is 5.76. The topological polar surface area (TPSA) is 37.2 Å². The Balaban J connectivity index is 1.79. The highest BCUT2D eigenvalue weighted by atomic mass is 16.2. The zero-order chi connectivity index (χ0) is 13.1. The number of hydrogen-bond acceptors (Lipinski definition) is 2. The third-order valence-corrected chi connectivity index (χ3v) is 3.84. The van der Waals surface area contributed by atoms with E-state index >= 15 is 0 Å². The molecule has 3 rings (SSSR count). The van der Waals surface area contributed by atoms with Crippen LogP contribution in [0.4, 0.5) is 0 Å². The Morgan fingerprint density at radius 2 is 2.05 bits per heavy atom. The molecule has 19 heavy (non-hydrogen) atoms. The minimum absolute atomic E-state index is 0.287. The van der Waals surface area contributed by atoms with E-state index in [4.69, 9.17) is 5.11 Å². The normalized spacial score (nSPS) is 15.2. The maximum Gasteiger partial charge on any atom is 0.0483 e. The summed E-state index contributed by atoms with van der Waals surface area (Å²) in [5.74, 6) is 0. The summed E-state index contributed by atoms with van der Waals surface area (Å²) in [6.07, 6.45) is 6.84. The molecule has 0 saturated heterocycles. The number of nitrogens with one attached hydrogen (secondary N) is 1. The lowest BCUT2D eigenvalue weighted by Gasteiger charge is -2.03. The van der Waals surface area contributed by atoms with Crippen molar-refractivity contribution in [1.29, 1.82) is 0 Å². The number of benzene rings is 1. The predicted octanol–water partition coefficient (Wildman–Crippen LogP) is 2.67. The summed E-state index contributed by atoms with van der Waals surface area (Å²) in [4.78, 5) is 0. The summed E-state index contributed by atoms with van der Waals surface area (Å²) >= 11 is 0. The molecule has 3 nitrogen and oxygen atoms in total. The molecule has 3 heteroatoms. The van der Waals surface area contributed by atoms with Crippen LogP contribution in [-0.4, -0.2) is 22.3 Å². The summed E-state index contributed by atoms with van der Waals surface area (Å²) in [5.41, 5.74) is 2.71. The molecule has 1 aromatic heterocycles. The van der Waals surface area contributed by atoms with Crippen LogP contribution in [0, 0.1) is 0 Å². The molecule has 0 spiro atoms. The molecule has 1 heterocycles. The molecule has 0 atom stereocenters. The molecule has 0 unspecified atom stereocenters. The summed E-state index contributed by atoms with van der Waals surface area (Å²) in [5, 5.41) is 13.8. The Labute approximate surface area is 114 Å². The van der Waals surface area contributed by atoms with E-state index < -0.39 is 0 Å². The van der Waals surface area contributed by atoms with Gasteiger partial charge in [0.2, 0.25) is 0 Å². The third-order valence-electron chi connectivity index (χ3n) is 3.84. The molecule has 1 aliphatic rings. The van der Waals surface area contributed by atoms with Crippen LogP contribution in [0.5, 0.6) is 0 Å². The van der Waals surface area contributed by atoms with E-state index in [2.05, 4.69) is 40.3 Å². The number of rotatable bonds is 7. The van der Waals surface area contributed by atoms with Gasteiger partial charge in [-0.05, 0) is 37.3 Å². The van der Waals surface area contributed by atoms with Crippen molar-refractivity contribution >= 4 is 10.9 Å². The fourth-order valence-corrected chi connectivity index (χ4v) is 2.58. The van der Waals surface area contributed by atoms with Crippen LogP contribution in [-0.2, 0) is 13.1 Å². The fraction of sp³-hybridized carbons (Fsp3) is 0.500. The van der Waals surface area contributed by atoms with E-state index in [0.29, 0.717) is 0 Å². The maximum atomic E-state index is 8.90. The SMILES string of the molecule is OCCCCn1cc(CNC2CC2)c2ccccc21. The van der Waals surface area contributed by atoms with Crippen molar-refractivity contribution in [2.75, 3.05) is 6.61 Å². The second-order valence-electron chi connectivity index (χ2n) is 5.45. The number of hydrogen-bond donors (Lipinski definition) is 2. The van der Waals surface area contributed by atoms with E-state index in [-0.39, 0.29) is 6.61 Å². The standard InChI is InChI=1S/C16H22N2O/c19-10-4-3-9-18-12-13(11-17-14-7-8-14)15-5-1-2-6-16(15)18/h1-2,5-6,12,14,17,19H,3-4,7-11H2. The van der Waals surface area contributed by atoms with Gasteiger partial charge in [0, 0.05) is 42.8 Å². The summed E-state index contributed by atoms with van der Waals surface area (Å²) in [7, 11) is 0. The number of aryl methyl sites for hydroxylation is 1. The van der Waals surface area contributed by atoms with E-state index in [9.17, 15) is 0 Å². The molecule has 0 amide bonds. The van der Waals surface area contributed by atoms with Crippen LogP contribution in [0.25, 0.3) is 10.9 Å². The largest absolute Gasteiger partial charge is 0.396 e. The van der Waals surface area contributed by atoms with Crippen molar-refractivity contribution in [3.63, 3.8) is 0 Å². The smallest absolute Gasteiger partial charge is 0.0483 e. The van der Waals surface area contributed by atoms with Gasteiger partial charge in [-0.3, -0.25) is 0 Å². The van der Waals surface area contributed by atoms with Crippen molar-refractivity contribution < 1.29 is 5.11 Å². The second-order valence-corrected chi connectivity index (χ2v) is 5.45. The Kier molecular flexibility index (Phi) is 3.85. The average molecular weight is 258 g/mol. The van der Waals surface area contributed by atoms with E-state index in [1.807, 2.05) is 0 Å². The molecule has 0 bridgehead atoms. The molecule has 0 aliphatic heterocycles. The van der Waals surface area contributed by atoms with Gasteiger partial charge in [0.15, 0.2) is 0 Å². The highest BCUT2D eigenvalue weighted by molar-refractivity contribution is 5.83. The molecule has 1 aromatic carbocycles. The van der Waals surface area contributed by atoms with Gasteiger partial charge in [-0.25, -0.2) is 0 Å². The van der Waals surface area contributed by atoms with Gasteiger partial charge in [-0.2, -0.15) is 0 Å². The lowest BCUT2D eigenvalue weighted by Crippen LogP contribution is -2.14. The number of nitrogens with zero attached hydrogens (tertiary/aromatic N) is 1. The number of fused-ring (bicyclic) bond motifs is 1. The van der Waals surface area contributed by atoms with Gasteiger partial charge in [0.1, 0.15) is 0 Å². The van der Waals surface area contributed by atoms with Gasteiger partial charge in [0.05, 0.1) is 0 Å². The quantitative estimate of drug-likeness (QED) is 0.749. The van der Waals surface area contributed by atoms with Crippen molar-refractivity contribution in [3.05, 3.63) is 36.0 Å². The molecule has 1 fully saturated rings. The lowest BCUT2D eigenvalue weighted by molar-refractivity contribution is 0.281. The monoisotopic (exact) mass is 258 g/mol. The van der Waals surface area contributed by atoms with Crippen LogP contribution in [0.15, 0.2) is 30.5 Å². The zero-order valence-electron chi connectivity index (χ0n) is 11.3. The molecule has 1 saturated carbocycles. The highest BCUT2D eigenvalue weighted by Crippen LogP contribution is 2.24. The number of para-hydroxylation sites is 1. The summed E-state index contributed by atoms with van der Waals surface area (Å²) in [6, 6.07) is 9.36. The minimum Gasteiger partial charge on any atom is -0.396 e. The predicted molar refractivity (Wildman–Crippen MR) is 78.1 cm³/mol.